The van der Waals surface area contributed by atoms with Crippen molar-refractivity contribution in [1.82, 2.24) is 4.90 Å². The minimum absolute atomic E-state index is 0.0409. The first-order valence-electron chi connectivity index (χ1n) is 6.51. The predicted molar refractivity (Wildman–Crippen MR) is 73.9 cm³/mol. The molecule has 3 nitrogen and oxygen atoms in total. The smallest absolute Gasteiger partial charge is 0.263 e. The molecule has 0 aliphatic rings. The Bertz CT molecular complexity index is 391. The minimum atomic E-state index is -0.439. The zero-order valence-corrected chi connectivity index (χ0v) is 12.0. The van der Waals surface area contributed by atoms with Gasteiger partial charge in [-0.2, -0.15) is 0 Å². The SMILES string of the molecule is CCN(CC)C(=O)[C@@H](C)Oc1cc(C)cc(C)c1. The van der Waals surface area contributed by atoms with Gasteiger partial charge in [-0.1, -0.05) is 6.07 Å². The highest BCUT2D eigenvalue weighted by molar-refractivity contribution is 5.80. The Morgan fingerprint density at radius 1 is 1.17 bits per heavy atom. The van der Waals surface area contributed by atoms with Crippen LogP contribution in [-0.2, 0) is 4.79 Å². The molecule has 0 unspecified atom stereocenters. The number of hydrogen-bond acceptors (Lipinski definition) is 2. The molecule has 0 aliphatic heterocycles. The molecule has 0 spiro atoms. The van der Waals surface area contributed by atoms with E-state index in [9.17, 15) is 4.79 Å². The highest BCUT2D eigenvalue weighted by atomic mass is 16.5. The molecule has 1 aromatic carbocycles. The van der Waals surface area contributed by atoms with Gasteiger partial charge >= 0.3 is 0 Å². The zero-order valence-electron chi connectivity index (χ0n) is 12.0. The molecule has 0 radical (unpaired) electrons. The van der Waals surface area contributed by atoms with Gasteiger partial charge in [0.25, 0.3) is 5.91 Å². The van der Waals surface area contributed by atoms with Gasteiger partial charge in [-0.15, -0.1) is 0 Å². The molecule has 1 aromatic rings. The first-order valence-corrected chi connectivity index (χ1v) is 6.51. The van der Waals surface area contributed by atoms with E-state index in [2.05, 4.69) is 6.07 Å². The van der Waals surface area contributed by atoms with E-state index >= 15 is 0 Å². The maximum Gasteiger partial charge on any atom is 0.263 e. The summed E-state index contributed by atoms with van der Waals surface area (Å²) in [5, 5.41) is 0. The lowest BCUT2D eigenvalue weighted by molar-refractivity contribution is -0.137. The van der Waals surface area contributed by atoms with Gasteiger partial charge in [-0.25, -0.2) is 0 Å². The van der Waals surface area contributed by atoms with E-state index in [0.29, 0.717) is 0 Å². The fourth-order valence-electron chi connectivity index (χ4n) is 2.05. The van der Waals surface area contributed by atoms with Crippen molar-refractivity contribution in [3.63, 3.8) is 0 Å². The highest BCUT2D eigenvalue weighted by Crippen LogP contribution is 2.18. The van der Waals surface area contributed by atoms with Crippen LogP contribution in [0.1, 0.15) is 31.9 Å². The van der Waals surface area contributed by atoms with Crippen LogP contribution in [0.3, 0.4) is 0 Å². The highest BCUT2D eigenvalue weighted by Gasteiger charge is 2.19. The van der Waals surface area contributed by atoms with Crippen LogP contribution in [0, 0.1) is 13.8 Å². The maximum atomic E-state index is 12.1. The molecule has 0 saturated heterocycles. The molecule has 0 heterocycles. The summed E-state index contributed by atoms with van der Waals surface area (Å²) in [6.45, 7) is 11.2. The standard InChI is InChI=1S/C15H23NO2/c1-6-16(7-2)15(17)13(5)18-14-9-11(3)8-12(4)10-14/h8-10,13H,6-7H2,1-5H3/t13-/m1/s1. The topological polar surface area (TPSA) is 29.5 Å². The minimum Gasteiger partial charge on any atom is -0.481 e. The molecule has 0 bridgehead atoms. The van der Waals surface area contributed by atoms with Crippen LogP contribution in [0.25, 0.3) is 0 Å². The second-order valence-electron chi connectivity index (χ2n) is 4.59. The summed E-state index contributed by atoms with van der Waals surface area (Å²) >= 11 is 0. The monoisotopic (exact) mass is 249 g/mol. The Morgan fingerprint density at radius 2 is 1.67 bits per heavy atom. The summed E-state index contributed by atoms with van der Waals surface area (Å²) in [4.78, 5) is 13.9. The number of carbonyl (C=O) groups excluding carboxylic acids is 1. The molecular formula is C15H23NO2. The fourth-order valence-corrected chi connectivity index (χ4v) is 2.05. The molecule has 0 saturated carbocycles. The molecule has 0 N–H and O–H groups in total. The molecule has 100 valence electrons. The lowest BCUT2D eigenvalue weighted by Gasteiger charge is -2.23. The van der Waals surface area contributed by atoms with Crippen molar-refractivity contribution >= 4 is 5.91 Å². The van der Waals surface area contributed by atoms with Gasteiger partial charge in [0.15, 0.2) is 6.10 Å². The number of benzene rings is 1. The summed E-state index contributed by atoms with van der Waals surface area (Å²) in [6.07, 6.45) is -0.439. The van der Waals surface area contributed by atoms with Crippen molar-refractivity contribution in [2.24, 2.45) is 0 Å². The van der Waals surface area contributed by atoms with Crippen LogP contribution in [0.2, 0.25) is 0 Å². The van der Waals surface area contributed by atoms with E-state index in [-0.39, 0.29) is 5.91 Å². The van der Waals surface area contributed by atoms with Gasteiger partial charge in [0.1, 0.15) is 5.75 Å². The lowest BCUT2D eigenvalue weighted by Crippen LogP contribution is -2.40. The van der Waals surface area contributed by atoms with Gasteiger partial charge in [0, 0.05) is 13.1 Å². The van der Waals surface area contributed by atoms with E-state index in [1.54, 1.807) is 11.8 Å². The van der Waals surface area contributed by atoms with Crippen LogP contribution < -0.4 is 4.74 Å². The third-order valence-corrected chi connectivity index (χ3v) is 2.93. The van der Waals surface area contributed by atoms with Gasteiger partial charge in [0.05, 0.1) is 0 Å². The molecule has 0 aliphatic carbocycles. The number of ether oxygens (including phenoxy) is 1. The molecule has 0 fully saturated rings. The number of hydrogen-bond donors (Lipinski definition) is 0. The van der Waals surface area contributed by atoms with Crippen LogP contribution in [0.5, 0.6) is 5.75 Å². The molecule has 1 atom stereocenters. The third-order valence-electron chi connectivity index (χ3n) is 2.93. The first kappa shape index (κ1) is 14.6. The van der Waals surface area contributed by atoms with Crippen molar-refractivity contribution in [2.45, 2.75) is 40.7 Å². The number of aryl methyl sites for hydroxylation is 2. The maximum absolute atomic E-state index is 12.1. The van der Waals surface area contributed by atoms with Gasteiger partial charge < -0.3 is 9.64 Å². The summed E-state index contributed by atoms with van der Waals surface area (Å²) in [6, 6.07) is 6.00. The zero-order chi connectivity index (χ0) is 13.7. The van der Waals surface area contributed by atoms with E-state index in [1.165, 1.54) is 0 Å². The Kier molecular flexibility index (Phi) is 5.20. The van der Waals surface area contributed by atoms with E-state index in [0.717, 1.165) is 30.0 Å². The summed E-state index contributed by atoms with van der Waals surface area (Å²) in [5.74, 6) is 0.805. The summed E-state index contributed by atoms with van der Waals surface area (Å²) in [5.41, 5.74) is 2.29. The molecule has 1 rings (SSSR count). The Labute approximate surface area is 110 Å². The number of rotatable bonds is 5. The Hall–Kier alpha value is -1.51. The van der Waals surface area contributed by atoms with Gasteiger partial charge in [0.2, 0.25) is 0 Å². The molecule has 18 heavy (non-hydrogen) atoms. The molecule has 3 heteroatoms. The second-order valence-corrected chi connectivity index (χ2v) is 4.59. The van der Waals surface area contributed by atoms with Crippen molar-refractivity contribution in [3.8, 4) is 5.75 Å². The van der Waals surface area contributed by atoms with Crippen molar-refractivity contribution in [1.29, 1.82) is 0 Å². The molecular weight excluding hydrogens is 226 g/mol. The van der Waals surface area contributed by atoms with Crippen LogP contribution in [0.15, 0.2) is 18.2 Å². The third kappa shape index (κ3) is 3.76. The fraction of sp³-hybridized carbons (Fsp3) is 0.533. The number of likely N-dealkylation sites (N-methyl/N-ethyl adjacent to an activating group) is 1. The molecule has 1 amide bonds. The van der Waals surface area contributed by atoms with E-state index in [4.69, 9.17) is 4.74 Å². The summed E-state index contributed by atoms with van der Waals surface area (Å²) in [7, 11) is 0. The quantitative estimate of drug-likeness (QED) is 0.803. The first-order chi connectivity index (χ1) is 8.47. The predicted octanol–water partition coefficient (Wildman–Crippen LogP) is 2.94. The average Bonchev–Trinajstić information content (AvgIpc) is 2.28. The van der Waals surface area contributed by atoms with E-state index in [1.807, 2.05) is 39.8 Å². The van der Waals surface area contributed by atoms with Gasteiger partial charge in [-0.05, 0) is 57.9 Å². The average molecular weight is 249 g/mol. The van der Waals surface area contributed by atoms with Crippen LogP contribution in [0.4, 0.5) is 0 Å². The number of nitrogens with zero attached hydrogens (tertiary/aromatic N) is 1. The summed E-state index contributed by atoms with van der Waals surface area (Å²) < 4.78 is 5.73. The largest absolute Gasteiger partial charge is 0.481 e. The van der Waals surface area contributed by atoms with Crippen molar-refractivity contribution < 1.29 is 9.53 Å². The second kappa shape index (κ2) is 6.43. The lowest BCUT2D eigenvalue weighted by atomic mass is 10.1. The normalized spacial score (nSPS) is 12.1. The van der Waals surface area contributed by atoms with Crippen LogP contribution >= 0.6 is 0 Å². The van der Waals surface area contributed by atoms with Crippen molar-refractivity contribution in [2.75, 3.05) is 13.1 Å². The Morgan fingerprint density at radius 3 is 2.11 bits per heavy atom. The Balaban J connectivity index is 2.74. The van der Waals surface area contributed by atoms with Crippen LogP contribution in [-0.4, -0.2) is 30.0 Å². The van der Waals surface area contributed by atoms with E-state index < -0.39 is 6.10 Å². The number of amides is 1. The van der Waals surface area contributed by atoms with Crippen molar-refractivity contribution in [3.05, 3.63) is 29.3 Å². The van der Waals surface area contributed by atoms with Gasteiger partial charge in [-0.3, -0.25) is 4.79 Å². The number of carbonyl (C=O) groups is 1. The molecule has 0 aromatic heterocycles.